The molecule has 1 aromatic heterocycles. The molecule has 0 bridgehead atoms. The van der Waals surface area contributed by atoms with Crippen molar-refractivity contribution in [2.75, 3.05) is 31.7 Å². The highest BCUT2D eigenvalue weighted by molar-refractivity contribution is 5.84. The minimum absolute atomic E-state index is 0. The van der Waals surface area contributed by atoms with Crippen LogP contribution in [0.15, 0.2) is 24.5 Å². The number of pyridine rings is 1. The van der Waals surface area contributed by atoms with Crippen LogP contribution in [0, 0.1) is 5.92 Å². The molecule has 0 spiro atoms. The summed E-state index contributed by atoms with van der Waals surface area (Å²) in [5.74, 6) is 0.395. The van der Waals surface area contributed by atoms with Gasteiger partial charge in [-0.05, 0) is 19.8 Å². The number of aromatic nitrogens is 1. The van der Waals surface area contributed by atoms with E-state index >= 15 is 0 Å². The van der Waals surface area contributed by atoms with E-state index in [2.05, 4.69) is 19.2 Å². The Hall–Kier alpha value is -0.930. The highest BCUT2D eigenvalue weighted by atomic mass is 127. The van der Waals surface area contributed by atoms with Crippen LogP contribution >= 0.6 is 0 Å². The second kappa shape index (κ2) is 24.8. The Morgan fingerprint density at radius 2 is 1.38 bits per heavy atom. The molecule has 7 heteroatoms. The van der Waals surface area contributed by atoms with Crippen molar-refractivity contribution in [1.29, 1.82) is 0 Å². The summed E-state index contributed by atoms with van der Waals surface area (Å²) in [7, 11) is 0. The molecule has 39 heavy (non-hydrogen) atoms. The number of anilines is 1. The highest BCUT2D eigenvalue weighted by Crippen LogP contribution is 2.21. The number of aryl methyl sites for hydroxylation is 1. The standard InChI is InChI=1S/C32H56N2O4.HI/c1-3-5-6-7-8-9-10-11-12-13-14-15-16-17-18-19-24-36-26-29-25-31(37-27-29)28-38-32(35)33-30-20-22-34(4-2)23-21-30;/h20-23,29,31H,3-19,24-28H2,1-2H3;1H. The van der Waals surface area contributed by atoms with Crippen LogP contribution in [0.1, 0.15) is 123 Å². The van der Waals surface area contributed by atoms with Crippen molar-refractivity contribution in [3.05, 3.63) is 24.5 Å². The molecular formula is C32H57IN2O4. The Morgan fingerprint density at radius 1 is 0.846 bits per heavy atom. The van der Waals surface area contributed by atoms with Gasteiger partial charge in [-0.1, -0.05) is 103 Å². The van der Waals surface area contributed by atoms with Gasteiger partial charge in [-0.15, -0.1) is 0 Å². The Labute approximate surface area is 256 Å². The number of amides is 1. The van der Waals surface area contributed by atoms with Gasteiger partial charge in [-0.25, -0.2) is 9.36 Å². The predicted molar refractivity (Wildman–Crippen MR) is 155 cm³/mol. The zero-order valence-electron chi connectivity index (χ0n) is 25.0. The lowest BCUT2D eigenvalue weighted by atomic mass is 10.0. The number of hydrogen-bond acceptors (Lipinski definition) is 4. The Morgan fingerprint density at radius 3 is 1.92 bits per heavy atom. The number of nitrogens with one attached hydrogen (secondary N) is 1. The van der Waals surface area contributed by atoms with Crippen LogP contribution in [-0.4, -0.2) is 38.6 Å². The van der Waals surface area contributed by atoms with Gasteiger partial charge in [0.15, 0.2) is 12.4 Å². The average Bonchev–Trinajstić information content (AvgIpc) is 3.39. The van der Waals surface area contributed by atoms with Gasteiger partial charge in [-0.2, -0.15) is 0 Å². The van der Waals surface area contributed by atoms with E-state index in [1.165, 1.54) is 96.3 Å². The van der Waals surface area contributed by atoms with Gasteiger partial charge in [0.05, 0.1) is 25.0 Å². The molecule has 1 saturated heterocycles. The molecule has 0 aliphatic carbocycles. The van der Waals surface area contributed by atoms with Crippen molar-refractivity contribution < 1.29 is 47.5 Å². The molecule has 0 radical (unpaired) electrons. The third kappa shape index (κ3) is 18.9. The predicted octanol–water partition coefficient (Wildman–Crippen LogP) is 5.23. The van der Waals surface area contributed by atoms with Gasteiger partial charge in [0, 0.05) is 24.7 Å². The maximum Gasteiger partial charge on any atom is 0.411 e. The molecule has 1 N–H and O–H groups in total. The van der Waals surface area contributed by atoms with Crippen LogP contribution in [0.25, 0.3) is 0 Å². The van der Waals surface area contributed by atoms with Crippen LogP contribution in [0.3, 0.4) is 0 Å². The maximum absolute atomic E-state index is 12.0. The molecule has 1 aliphatic rings. The van der Waals surface area contributed by atoms with E-state index in [1.807, 2.05) is 29.1 Å². The first-order valence-electron chi connectivity index (χ1n) is 15.8. The first kappa shape index (κ1) is 36.1. The first-order chi connectivity index (χ1) is 18.7. The molecule has 0 aromatic carbocycles. The highest BCUT2D eigenvalue weighted by Gasteiger charge is 2.26. The summed E-state index contributed by atoms with van der Waals surface area (Å²) in [6, 6.07) is 3.73. The molecular weight excluding hydrogens is 603 g/mol. The average molecular weight is 661 g/mol. The molecule has 0 saturated carbocycles. The SMILES string of the molecule is CCCCCCCCCCCCCCCCCCOCC1COC(COC(=O)Nc2cc[n+](CC)cc2)C1.[I-]. The number of halogens is 1. The molecule has 1 aromatic rings. The summed E-state index contributed by atoms with van der Waals surface area (Å²) in [6.45, 7) is 7.80. The fourth-order valence-electron chi connectivity index (χ4n) is 5.09. The monoisotopic (exact) mass is 660 g/mol. The van der Waals surface area contributed by atoms with E-state index in [0.29, 0.717) is 12.5 Å². The van der Waals surface area contributed by atoms with Gasteiger partial charge in [0.2, 0.25) is 0 Å². The third-order valence-corrected chi connectivity index (χ3v) is 7.56. The summed E-state index contributed by atoms with van der Waals surface area (Å²) >= 11 is 0. The van der Waals surface area contributed by atoms with E-state index < -0.39 is 6.09 Å². The minimum Gasteiger partial charge on any atom is -1.00 e. The van der Waals surface area contributed by atoms with Crippen molar-refractivity contribution in [3.63, 3.8) is 0 Å². The van der Waals surface area contributed by atoms with Crippen molar-refractivity contribution in [1.82, 2.24) is 0 Å². The van der Waals surface area contributed by atoms with E-state index in [1.54, 1.807) is 0 Å². The molecule has 1 aliphatic heterocycles. The van der Waals surface area contributed by atoms with E-state index in [-0.39, 0.29) is 36.7 Å². The van der Waals surface area contributed by atoms with Gasteiger partial charge in [0.1, 0.15) is 13.2 Å². The summed E-state index contributed by atoms with van der Waals surface area (Å²) in [4.78, 5) is 12.0. The smallest absolute Gasteiger partial charge is 0.411 e. The number of hydrogen-bond donors (Lipinski definition) is 1. The normalized spacial score (nSPS) is 16.7. The largest absolute Gasteiger partial charge is 1.00 e. The topological polar surface area (TPSA) is 60.7 Å². The zero-order chi connectivity index (χ0) is 27.1. The molecule has 2 unspecified atom stereocenters. The van der Waals surface area contributed by atoms with Crippen LogP contribution < -0.4 is 33.9 Å². The van der Waals surface area contributed by atoms with Crippen molar-refractivity contribution in [2.45, 2.75) is 136 Å². The van der Waals surface area contributed by atoms with E-state index in [4.69, 9.17) is 14.2 Å². The Kier molecular flexibility index (Phi) is 23.0. The number of ether oxygens (including phenoxy) is 3. The lowest BCUT2D eigenvalue weighted by molar-refractivity contribution is -0.693. The van der Waals surface area contributed by atoms with Gasteiger partial charge in [0.25, 0.3) is 0 Å². The quantitative estimate of drug-likeness (QED) is 0.0993. The van der Waals surface area contributed by atoms with Gasteiger partial charge < -0.3 is 38.2 Å². The second-order valence-electron chi connectivity index (χ2n) is 11.1. The zero-order valence-corrected chi connectivity index (χ0v) is 27.1. The minimum atomic E-state index is -0.439. The molecule has 2 heterocycles. The molecule has 2 atom stereocenters. The Balaban J connectivity index is 0.00000760. The molecule has 226 valence electrons. The van der Waals surface area contributed by atoms with Crippen LogP contribution in [-0.2, 0) is 20.8 Å². The van der Waals surface area contributed by atoms with Crippen LogP contribution in [0.4, 0.5) is 10.5 Å². The number of carbonyl (C=O) groups excluding carboxylic acids is 1. The summed E-state index contributed by atoms with van der Waals surface area (Å²) < 4.78 is 19.1. The summed E-state index contributed by atoms with van der Waals surface area (Å²) in [5.41, 5.74) is 0.729. The van der Waals surface area contributed by atoms with Crippen molar-refractivity contribution in [2.24, 2.45) is 5.92 Å². The van der Waals surface area contributed by atoms with E-state index in [0.717, 1.165) is 38.3 Å². The molecule has 6 nitrogen and oxygen atoms in total. The fourth-order valence-corrected chi connectivity index (χ4v) is 5.09. The lowest BCUT2D eigenvalue weighted by Gasteiger charge is -2.11. The van der Waals surface area contributed by atoms with Crippen molar-refractivity contribution in [3.8, 4) is 0 Å². The van der Waals surface area contributed by atoms with Gasteiger partial charge >= 0.3 is 6.09 Å². The Bertz CT molecular complexity index is 704. The van der Waals surface area contributed by atoms with Crippen LogP contribution in [0.2, 0.25) is 0 Å². The number of rotatable bonds is 23. The summed E-state index contributed by atoms with van der Waals surface area (Å²) in [5, 5.41) is 2.76. The lowest BCUT2D eigenvalue weighted by Crippen LogP contribution is -3.00. The van der Waals surface area contributed by atoms with Crippen molar-refractivity contribution >= 4 is 11.8 Å². The number of carbonyl (C=O) groups is 1. The summed E-state index contributed by atoms with van der Waals surface area (Å²) in [6.07, 6.45) is 26.5. The van der Waals surface area contributed by atoms with E-state index in [9.17, 15) is 4.79 Å². The molecule has 1 amide bonds. The second-order valence-corrected chi connectivity index (χ2v) is 11.1. The fraction of sp³-hybridized carbons (Fsp3) is 0.812. The molecule has 1 fully saturated rings. The third-order valence-electron chi connectivity index (χ3n) is 7.56. The number of unbranched alkanes of at least 4 members (excludes halogenated alkanes) is 15. The number of nitrogens with zero attached hydrogens (tertiary/aromatic N) is 1. The maximum atomic E-state index is 12.0. The van der Waals surface area contributed by atoms with Gasteiger partial charge in [-0.3, -0.25) is 5.32 Å². The first-order valence-corrected chi connectivity index (χ1v) is 15.8. The van der Waals surface area contributed by atoms with Crippen LogP contribution in [0.5, 0.6) is 0 Å². The molecule has 2 rings (SSSR count).